The molecule has 1 aliphatic rings. The van der Waals surface area contributed by atoms with Crippen molar-refractivity contribution < 1.29 is 9.53 Å². The highest BCUT2D eigenvalue weighted by atomic mass is 16.5. The third-order valence-electron chi connectivity index (χ3n) is 2.57. The number of hydrogen-bond acceptors (Lipinski definition) is 4. The lowest BCUT2D eigenvalue weighted by Gasteiger charge is -2.26. The first-order chi connectivity index (χ1) is 7.81. The van der Waals surface area contributed by atoms with E-state index in [2.05, 4.69) is 15.6 Å². The molecule has 0 aliphatic carbocycles. The van der Waals surface area contributed by atoms with Gasteiger partial charge in [0, 0.05) is 19.9 Å². The fraction of sp³-hybridized carbons (Fsp3) is 0.455. The van der Waals surface area contributed by atoms with E-state index in [4.69, 9.17) is 4.74 Å². The summed E-state index contributed by atoms with van der Waals surface area (Å²) in [6.45, 7) is 0.675. The van der Waals surface area contributed by atoms with Crippen molar-refractivity contribution >= 4 is 17.3 Å². The molecule has 1 unspecified atom stereocenters. The van der Waals surface area contributed by atoms with Crippen LogP contribution in [-0.2, 0) is 9.53 Å². The summed E-state index contributed by atoms with van der Waals surface area (Å²) in [5.41, 5.74) is 1.67. The quantitative estimate of drug-likeness (QED) is 0.751. The molecular formula is C11H15N3O2. The Labute approximate surface area is 94.2 Å². The second kappa shape index (κ2) is 4.94. The number of pyridine rings is 1. The van der Waals surface area contributed by atoms with Gasteiger partial charge < -0.3 is 15.4 Å². The van der Waals surface area contributed by atoms with Crippen molar-refractivity contribution in [1.29, 1.82) is 0 Å². The molecule has 0 spiro atoms. The Morgan fingerprint density at radius 3 is 3.19 bits per heavy atom. The van der Waals surface area contributed by atoms with Gasteiger partial charge >= 0.3 is 0 Å². The maximum Gasteiger partial charge on any atom is 0.246 e. The van der Waals surface area contributed by atoms with Gasteiger partial charge in [-0.15, -0.1) is 0 Å². The summed E-state index contributed by atoms with van der Waals surface area (Å²) in [7, 11) is 1.66. The van der Waals surface area contributed by atoms with Crippen LogP contribution in [0.4, 0.5) is 11.4 Å². The van der Waals surface area contributed by atoms with Crippen molar-refractivity contribution in [2.24, 2.45) is 0 Å². The van der Waals surface area contributed by atoms with E-state index in [9.17, 15) is 4.79 Å². The fourth-order valence-electron chi connectivity index (χ4n) is 1.73. The molecule has 86 valence electrons. The third kappa shape index (κ3) is 2.30. The SMILES string of the molecule is COCCCC1Nc2ccncc2NC1=O. The van der Waals surface area contributed by atoms with Crippen LogP contribution in [0.3, 0.4) is 0 Å². The summed E-state index contributed by atoms with van der Waals surface area (Å²) >= 11 is 0. The van der Waals surface area contributed by atoms with Gasteiger partial charge in [-0.2, -0.15) is 0 Å². The van der Waals surface area contributed by atoms with E-state index in [-0.39, 0.29) is 11.9 Å². The second-order valence-electron chi connectivity index (χ2n) is 3.74. The topological polar surface area (TPSA) is 63.2 Å². The van der Waals surface area contributed by atoms with Crippen LogP contribution in [0.5, 0.6) is 0 Å². The number of methoxy groups -OCH3 is 1. The van der Waals surface area contributed by atoms with Gasteiger partial charge in [0.05, 0.1) is 17.6 Å². The van der Waals surface area contributed by atoms with Gasteiger partial charge in [-0.1, -0.05) is 0 Å². The summed E-state index contributed by atoms with van der Waals surface area (Å²) in [6, 6.07) is 1.68. The van der Waals surface area contributed by atoms with Crippen molar-refractivity contribution in [2.45, 2.75) is 18.9 Å². The highest BCUT2D eigenvalue weighted by Crippen LogP contribution is 2.25. The number of anilines is 2. The van der Waals surface area contributed by atoms with E-state index in [1.165, 1.54) is 0 Å². The van der Waals surface area contributed by atoms with Crippen LogP contribution >= 0.6 is 0 Å². The Bertz CT molecular complexity index is 381. The number of nitrogens with zero attached hydrogens (tertiary/aromatic N) is 1. The van der Waals surface area contributed by atoms with E-state index in [1.807, 2.05) is 6.07 Å². The van der Waals surface area contributed by atoms with E-state index >= 15 is 0 Å². The standard InChI is InChI=1S/C11H15N3O2/c1-16-6-2-3-9-11(15)14-10-7-12-5-4-8(10)13-9/h4-5,7,9,13H,2-3,6H2,1H3,(H,14,15). The maximum atomic E-state index is 11.7. The molecule has 1 aromatic rings. The van der Waals surface area contributed by atoms with E-state index in [0.717, 1.165) is 24.2 Å². The number of nitrogens with one attached hydrogen (secondary N) is 2. The van der Waals surface area contributed by atoms with E-state index < -0.39 is 0 Å². The van der Waals surface area contributed by atoms with Crippen molar-refractivity contribution in [3.63, 3.8) is 0 Å². The molecule has 0 saturated carbocycles. The molecule has 2 N–H and O–H groups in total. The molecule has 0 radical (unpaired) electrons. The average Bonchev–Trinajstić information content (AvgIpc) is 2.30. The van der Waals surface area contributed by atoms with Gasteiger partial charge in [0.25, 0.3) is 0 Å². The lowest BCUT2D eigenvalue weighted by molar-refractivity contribution is -0.117. The smallest absolute Gasteiger partial charge is 0.246 e. The van der Waals surface area contributed by atoms with Crippen molar-refractivity contribution in [1.82, 2.24) is 4.98 Å². The molecule has 0 aromatic carbocycles. The van der Waals surface area contributed by atoms with Gasteiger partial charge in [-0.3, -0.25) is 9.78 Å². The molecule has 0 bridgehead atoms. The van der Waals surface area contributed by atoms with Crippen LogP contribution in [0.2, 0.25) is 0 Å². The number of carbonyl (C=O) groups excluding carboxylic acids is 1. The molecule has 2 rings (SSSR count). The number of carbonyl (C=O) groups is 1. The summed E-state index contributed by atoms with van der Waals surface area (Å²) in [5.74, 6) is -0.00315. The maximum absolute atomic E-state index is 11.7. The number of hydrogen-bond donors (Lipinski definition) is 2. The molecule has 5 nitrogen and oxygen atoms in total. The lowest BCUT2D eigenvalue weighted by atomic mass is 10.1. The first-order valence-electron chi connectivity index (χ1n) is 5.31. The molecule has 1 amide bonds. The predicted molar refractivity (Wildman–Crippen MR) is 61.4 cm³/mol. The lowest BCUT2D eigenvalue weighted by Crippen LogP contribution is -2.38. The number of ether oxygens (including phenoxy) is 1. The zero-order valence-corrected chi connectivity index (χ0v) is 9.19. The van der Waals surface area contributed by atoms with Gasteiger partial charge in [0.2, 0.25) is 5.91 Å². The first-order valence-corrected chi connectivity index (χ1v) is 5.31. The molecule has 5 heteroatoms. The van der Waals surface area contributed by atoms with Gasteiger partial charge in [0.1, 0.15) is 6.04 Å². The molecule has 2 heterocycles. The highest BCUT2D eigenvalue weighted by molar-refractivity contribution is 6.02. The monoisotopic (exact) mass is 221 g/mol. The van der Waals surface area contributed by atoms with Crippen LogP contribution in [0.25, 0.3) is 0 Å². The second-order valence-corrected chi connectivity index (χ2v) is 3.74. The molecule has 1 aliphatic heterocycles. The molecular weight excluding hydrogens is 206 g/mol. The normalized spacial score (nSPS) is 18.6. The fourth-order valence-corrected chi connectivity index (χ4v) is 1.73. The van der Waals surface area contributed by atoms with E-state index in [1.54, 1.807) is 19.5 Å². The van der Waals surface area contributed by atoms with Crippen molar-refractivity contribution in [3.05, 3.63) is 18.5 Å². The Morgan fingerprint density at radius 1 is 1.50 bits per heavy atom. The highest BCUT2D eigenvalue weighted by Gasteiger charge is 2.24. The van der Waals surface area contributed by atoms with Gasteiger partial charge in [0.15, 0.2) is 0 Å². The van der Waals surface area contributed by atoms with Crippen molar-refractivity contribution in [2.75, 3.05) is 24.4 Å². The predicted octanol–water partition coefficient (Wildman–Crippen LogP) is 1.24. The Kier molecular flexibility index (Phi) is 3.36. The summed E-state index contributed by atoms with van der Waals surface area (Å²) in [4.78, 5) is 15.7. The zero-order chi connectivity index (χ0) is 11.4. The summed E-state index contributed by atoms with van der Waals surface area (Å²) in [5, 5.41) is 6.03. The molecule has 1 atom stereocenters. The summed E-state index contributed by atoms with van der Waals surface area (Å²) in [6.07, 6.45) is 4.98. The zero-order valence-electron chi connectivity index (χ0n) is 9.19. The Morgan fingerprint density at radius 2 is 2.38 bits per heavy atom. The van der Waals surface area contributed by atoms with Crippen LogP contribution < -0.4 is 10.6 Å². The molecule has 1 aromatic heterocycles. The molecule has 16 heavy (non-hydrogen) atoms. The van der Waals surface area contributed by atoms with Crippen LogP contribution in [-0.4, -0.2) is 30.6 Å². The number of fused-ring (bicyclic) bond motifs is 1. The van der Waals surface area contributed by atoms with E-state index in [0.29, 0.717) is 6.61 Å². The molecule has 0 fully saturated rings. The minimum atomic E-state index is -0.176. The van der Waals surface area contributed by atoms with Crippen molar-refractivity contribution in [3.8, 4) is 0 Å². The number of amides is 1. The average molecular weight is 221 g/mol. The third-order valence-corrected chi connectivity index (χ3v) is 2.57. The molecule has 0 saturated heterocycles. The Hall–Kier alpha value is -1.62. The number of rotatable bonds is 4. The number of aromatic nitrogens is 1. The minimum absolute atomic E-state index is 0.00315. The van der Waals surface area contributed by atoms with Gasteiger partial charge in [-0.25, -0.2) is 0 Å². The summed E-state index contributed by atoms with van der Waals surface area (Å²) < 4.78 is 4.97. The Balaban J connectivity index is 2.01. The minimum Gasteiger partial charge on any atom is -0.385 e. The van der Waals surface area contributed by atoms with Crippen LogP contribution in [0.1, 0.15) is 12.8 Å². The van der Waals surface area contributed by atoms with Crippen LogP contribution in [0, 0.1) is 0 Å². The van der Waals surface area contributed by atoms with Gasteiger partial charge in [-0.05, 0) is 18.9 Å². The van der Waals surface area contributed by atoms with Crippen LogP contribution in [0.15, 0.2) is 18.5 Å². The first kappa shape index (κ1) is 10.9. The largest absolute Gasteiger partial charge is 0.385 e.